The maximum Gasteiger partial charge on any atom is 0.333 e. The molecule has 1 saturated heterocycles. The first-order valence-electron chi connectivity index (χ1n) is 14.6. The predicted octanol–water partition coefficient (Wildman–Crippen LogP) is 6.23. The predicted molar refractivity (Wildman–Crippen MR) is 146 cm³/mol. The van der Waals surface area contributed by atoms with Crippen molar-refractivity contribution < 1.29 is 19.1 Å². The van der Waals surface area contributed by atoms with E-state index in [-0.39, 0.29) is 35.4 Å². The molecule has 1 amide bonds. The maximum absolute atomic E-state index is 13.1. The van der Waals surface area contributed by atoms with Gasteiger partial charge in [-0.25, -0.2) is 4.79 Å². The van der Waals surface area contributed by atoms with Gasteiger partial charge in [-0.1, -0.05) is 74.5 Å². The van der Waals surface area contributed by atoms with Crippen molar-refractivity contribution in [3.63, 3.8) is 0 Å². The van der Waals surface area contributed by atoms with E-state index < -0.39 is 6.10 Å². The van der Waals surface area contributed by atoms with E-state index >= 15 is 0 Å². The lowest BCUT2D eigenvalue weighted by Crippen LogP contribution is -2.61. The van der Waals surface area contributed by atoms with E-state index in [4.69, 9.17) is 9.47 Å². The molecule has 6 rings (SSSR count). The highest BCUT2D eigenvalue weighted by Gasteiger charge is 2.60. The second kappa shape index (κ2) is 10.1. The summed E-state index contributed by atoms with van der Waals surface area (Å²) in [5.41, 5.74) is 2.23. The van der Waals surface area contributed by atoms with Crippen LogP contribution in [0.25, 0.3) is 0 Å². The Kier molecular flexibility index (Phi) is 6.84. The van der Waals surface area contributed by atoms with Crippen LogP contribution in [-0.2, 0) is 19.1 Å². The molecule has 1 N–H and O–H groups in total. The number of carbonyl (C=O) groups excluding carboxylic acids is 2. The minimum atomic E-state index is -0.442. The third kappa shape index (κ3) is 4.47. The first-order chi connectivity index (χ1) is 18.4. The minimum absolute atomic E-state index is 0.0109. The van der Waals surface area contributed by atoms with Crippen molar-refractivity contribution in [2.75, 3.05) is 6.61 Å². The highest BCUT2D eigenvalue weighted by atomic mass is 16.6. The maximum atomic E-state index is 13.1. The summed E-state index contributed by atoms with van der Waals surface area (Å²) in [6.07, 6.45) is 8.11. The van der Waals surface area contributed by atoms with Crippen molar-refractivity contribution in [3.8, 4) is 0 Å². The second-order valence-electron chi connectivity index (χ2n) is 12.7. The summed E-state index contributed by atoms with van der Waals surface area (Å²) < 4.78 is 12.4. The highest BCUT2D eigenvalue weighted by Crippen LogP contribution is 2.64. The first-order valence-corrected chi connectivity index (χ1v) is 14.6. The fourth-order valence-corrected chi connectivity index (χ4v) is 8.85. The molecule has 38 heavy (non-hydrogen) atoms. The molecule has 4 fully saturated rings. The summed E-state index contributed by atoms with van der Waals surface area (Å²) in [5.74, 6) is 1.90. The van der Waals surface area contributed by atoms with Crippen LogP contribution in [0.4, 0.5) is 0 Å². The molecule has 0 aromatic heterocycles. The normalized spacial score (nSPS) is 36.1. The molecule has 0 spiro atoms. The van der Waals surface area contributed by atoms with Gasteiger partial charge in [0.15, 0.2) is 6.10 Å². The zero-order valence-electron chi connectivity index (χ0n) is 22.7. The van der Waals surface area contributed by atoms with Gasteiger partial charge in [-0.3, -0.25) is 4.79 Å². The summed E-state index contributed by atoms with van der Waals surface area (Å²) in [7, 11) is 0. The van der Waals surface area contributed by atoms with Gasteiger partial charge in [0.1, 0.15) is 6.61 Å². The number of carbonyl (C=O) groups is 2. The molecule has 7 atom stereocenters. The average molecular weight is 516 g/mol. The number of rotatable bonds is 6. The number of fused-ring (bicyclic) bond motifs is 5. The van der Waals surface area contributed by atoms with E-state index in [1.165, 1.54) is 19.3 Å². The van der Waals surface area contributed by atoms with Gasteiger partial charge in [0.2, 0.25) is 5.91 Å². The van der Waals surface area contributed by atoms with Crippen molar-refractivity contribution in [1.82, 2.24) is 5.32 Å². The topological polar surface area (TPSA) is 64.6 Å². The zero-order chi connectivity index (χ0) is 26.3. The third-order valence-electron chi connectivity index (χ3n) is 10.9. The molecule has 0 bridgehead atoms. The summed E-state index contributed by atoms with van der Waals surface area (Å²) in [5, 5.41) is 3.33. The van der Waals surface area contributed by atoms with Crippen molar-refractivity contribution >= 4 is 11.9 Å². The SMILES string of the molecule is C[C@]12CCC(=O)NC1CCC1C2CC[C@@]2(C)C1CC[C@@H]2OCC(=O)OC(c1ccccc1)c1ccccc1. The third-order valence-corrected chi connectivity index (χ3v) is 10.9. The first kappa shape index (κ1) is 25.6. The summed E-state index contributed by atoms with van der Waals surface area (Å²) in [6.45, 7) is 4.83. The number of esters is 1. The Bertz CT molecular complexity index is 1110. The Labute approximate surface area is 226 Å². The number of hydrogen-bond acceptors (Lipinski definition) is 4. The van der Waals surface area contributed by atoms with E-state index in [1.54, 1.807) is 0 Å². The lowest BCUT2D eigenvalue weighted by Gasteiger charge is -2.60. The number of benzene rings is 2. The van der Waals surface area contributed by atoms with Crippen LogP contribution in [0.15, 0.2) is 60.7 Å². The number of nitrogens with one attached hydrogen (secondary N) is 1. The molecule has 5 nitrogen and oxygen atoms in total. The second-order valence-corrected chi connectivity index (χ2v) is 12.7. The smallest absolute Gasteiger partial charge is 0.333 e. The van der Waals surface area contributed by atoms with Crippen LogP contribution in [0.3, 0.4) is 0 Å². The number of piperidine rings is 1. The fourth-order valence-electron chi connectivity index (χ4n) is 8.85. The molecule has 5 heteroatoms. The monoisotopic (exact) mass is 515 g/mol. The number of ether oxygens (including phenoxy) is 2. The van der Waals surface area contributed by atoms with Gasteiger partial charge in [-0.2, -0.15) is 0 Å². The molecule has 0 radical (unpaired) electrons. The van der Waals surface area contributed by atoms with Gasteiger partial charge in [0.05, 0.1) is 6.10 Å². The highest BCUT2D eigenvalue weighted by molar-refractivity contribution is 5.77. The molecule has 1 aliphatic heterocycles. The van der Waals surface area contributed by atoms with Crippen LogP contribution in [0.2, 0.25) is 0 Å². The van der Waals surface area contributed by atoms with Gasteiger partial charge >= 0.3 is 5.97 Å². The quantitative estimate of drug-likeness (QED) is 0.464. The summed E-state index contributed by atoms with van der Waals surface area (Å²) >= 11 is 0. The molecule has 2 aromatic carbocycles. The standard InChI is InChI=1S/C33H41NO4/c1-32-20-18-29(35)34-27(32)15-13-24-25-14-16-28(33(25,2)19-17-26(24)32)37-21-30(36)38-31(22-9-5-3-6-10-22)23-11-7-4-8-12-23/h3-12,24-28,31H,13-21H2,1-2H3,(H,34,35)/t24?,25?,26?,27?,28-,32+,33-/m0/s1. The van der Waals surface area contributed by atoms with E-state index in [2.05, 4.69) is 19.2 Å². The minimum Gasteiger partial charge on any atom is -0.451 e. The van der Waals surface area contributed by atoms with Crippen LogP contribution in [0.1, 0.15) is 82.4 Å². The van der Waals surface area contributed by atoms with Crippen molar-refractivity contribution in [2.45, 2.75) is 83.5 Å². The van der Waals surface area contributed by atoms with E-state index in [1.807, 2.05) is 60.7 Å². The van der Waals surface area contributed by atoms with Crippen molar-refractivity contribution in [3.05, 3.63) is 71.8 Å². The van der Waals surface area contributed by atoms with Gasteiger partial charge in [-0.05, 0) is 84.7 Å². The van der Waals surface area contributed by atoms with Crippen LogP contribution in [-0.4, -0.2) is 30.6 Å². The molecule has 4 aliphatic rings. The van der Waals surface area contributed by atoms with E-state index in [9.17, 15) is 9.59 Å². The van der Waals surface area contributed by atoms with Crippen molar-refractivity contribution in [1.29, 1.82) is 0 Å². The zero-order valence-corrected chi connectivity index (χ0v) is 22.7. The number of amides is 1. The largest absolute Gasteiger partial charge is 0.451 e. The molecule has 202 valence electrons. The Morgan fingerprint density at radius 3 is 2.21 bits per heavy atom. The van der Waals surface area contributed by atoms with Crippen molar-refractivity contribution in [2.24, 2.45) is 28.6 Å². The number of hydrogen-bond donors (Lipinski definition) is 1. The van der Waals surface area contributed by atoms with Crippen LogP contribution >= 0.6 is 0 Å². The Balaban J connectivity index is 1.11. The molecule has 2 aromatic rings. The van der Waals surface area contributed by atoms with Crippen LogP contribution < -0.4 is 5.32 Å². The van der Waals surface area contributed by atoms with E-state index in [0.29, 0.717) is 30.2 Å². The Morgan fingerprint density at radius 1 is 0.868 bits per heavy atom. The molecule has 3 aliphatic carbocycles. The fraction of sp³-hybridized carbons (Fsp3) is 0.576. The van der Waals surface area contributed by atoms with Crippen LogP contribution in [0.5, 0.6) is 0 Å². The molecule has 4 unspecified atom stereocenters. The Morgan fingerprint density at radius 2 is 1.53 bits per heavy atom. The molecular weight excluding hydrogens is 474 g/mol. The average Bonchev–Trinajstić information content (AvgIpc) is 3.28. The van der Waals surface area contributed by atoms with E-state index in [0.717, 1.165) is 36.8 Å². The lowest BCUT2D eigenvalue weighted by molar-refractivity contribution is -0.162. The Hall–Kier alpha value is -2.66. The van der Waals surface area contributed by atoms with Crippen LogP contribution in [0, 0.1) is 28.6 Å². The molecule has 1 heterocycles. The van der Waals surface area contributed by atoms with Gasteiger partial charge in [0.25, 0.3) is 0 Å². The molecule has 3 saturated carbocycles. The summed E-state index contributed by atoms with van der Waals surface area (Å²) in [6, 6.07) is 20.2. The van der Waals surface area contributed by atoms with Gasteiger partial charge in [-0.15, -0.1) is 0 Å². The lowest BCUT2D eigenvalue weighted by atomic mass is 9.47. The summed E-state index contributed by atoms with van der Waals surface area (Å²) in [4.78, 5) is 25.2. The van der Waals surface area contributed by atoms with Gasteiger partial charge in [0, 0.05) is 12.5 Å². The molecular formula is C33H41NO4. The van der Waals surface area contributed by atoms with Gasteiger partial charge < -0.3 is 14.8 Å².